The number of carbonyl (C=O) groups is 2. The molecule has 0 saturated heterocycles. The molecule has 1 aliphatic heterocycles. The topological polar surface area (TPSA) is 82.9 Å². The number of amides is 1. The van der Waals surface area contributed by atoms with Gasteiger partial charge in [0.15, 0.2) is 5.92 Å². The van der Waals surface area contributed by atoms with E-state index in [1.165, 1.54) is 0 Å². The Kier molecular flexibility index (Phi) is 6.33. The molecule has 3 aromatic carbocycles. The van der Waals surface area contributed by atoms with Crippen LogP contribution in [0.25, 0.3) is 11.0 Å². The van der Waals surface area contributed by atoms with Gasteiger partial charge >= 0.3 is 5.97 Å². The maximum absolute atomic E-state index is 14.1. The van der Waals surface area contributed by atoms with Gasteiger partial charge in [0, 0.05) is 5.56 Å². The molecule has 0 fully saturated rings. The largest absolute Gasteiger partial charge is 0.497 e. The van der Waals surface area contributed by atoms with Crippen molar-refractivity contribution >= 4 is 28.9 Å². The normalized spacial score (nSPS) is 17.1. The first-order valence-electron chi connectivity index (χ1n) is 11.8. The summed E-state index contributed by atoms with van der Waals surface area (Å²) in [5.41, 5.74) is 3.06. The number of ether oxygens (including phenoxy) is 3. The van der Waals surface area contributed by atoms with Crippen LogP contribution in [0.5, 0.6) is 11.5 Å². The fourth-order valence-corrected chi connectivity index (χ4v) is 4.81. The first kappa shape index (κ1) is 23.4. The predicted molar refractivity (Wildman–Crippen MR) is 135 cm³/mol. The van der Waals surface area contributed by atoms with Crippen molar-refractivity contribution in [1.29, 1.82) is 0 Å². The van der Waals surface area contributed by atoms with Gasteiger partial charge in [-0.25, -0.2) is 4.98 Å². The molecule has 0 aliphatic carbocycles. The highest BCUT2D eigenvalue weighted by atomic mass is 16.5. The zero-order valence-corrected chi connectivity index (χ0v) is 20.4. The van der Waals surface area contributed by atoms with Gasteiger partial charge in [-0.05, 0) is 42.8 Å². The van der Waals surface area contributed by atoms with Gasteiger partial charge in [-0.2, -0.15) is 0 Å². The molecule has 0 N–H and O–H groups in total. The lowest BCUT2D eigenvalue weighted by molar-refractivity contribution is -0.153. The molecule has 0 radical (unpaired) electrons. The fourth-order valence-electron chi connectivity index (χ4n) is 4.81. The van der Waals surface area contributed by atoms with Crippen molar-refractivity contribution < 1.29 is 23.8 Å². The highest BCUT2D eigenvalue weighted by molar-refractivity contribution is 6.08. The minimum atomic E-state index is -1.15. The van der Waals surface area contributed by atoms with Gasteiger partial charge in [0.25, 0.3) is 0 Å². The lowest BCUT2D eigenvalue weighted by Crippen LogP contribution is -2.49. The smallest absolute Gasteiger partial charge is 0.321 e. The molecule has 0 bridgehead atoms. The summed E-state index contributed by atoms with van der Waals surface area (Å²) in [7, 11) is 3.13. The molecule has 2 heterocycles. The molecule has 36 heavy (non-hydrogen) atoms. The molecular formula is C28H27N3O5. The summed E-state index contributed by atoms with van der Waals surface area (Å²) in [6.45, 7) is 2.15. The molecule has 0 saturated carbocycles. The Labute approximate surface area is 209 Å². The van der Waals surface area contributed by atoms with E-state index in [1.54, 1.807) is 44.2 Å². The van der Waals surface area contributed by atoms with E-state index in [2.05, 4.69) is 0 Å². The van der Waals surface area contributed by atoms with Crippen LogP contribution in [0.15, 0.2) is 72.8 Å². The summed E-state index contributed by atoms with van der Waals surface area (Å²) in [6, 6.07) is 21.9. The predicted octanol–water partition coefficient (Wildman–Crippen LogP) is 4.37. The van der Waals surface area contributed by atoms with Crippen molar-refractivity contribution in [3.8, 4) is 11.5 Å². The van der Waals surface area contributed by atoms with Crippen LogP contribution >= 0.6 is 0 Å². The third-order valence-corrected chi connectivity index (χ3v) is 6.42. The van der Waals surface area contributed by atoms with Crippen molar-refractivity contribution in [3.63, 3.8) is 0 Å². The minimum Gasteiger partial charge on any atom is -0.497 e. The van der Waals surface area contributed by atoms with Gasteiger partial charge < -0.3 is 18.8 Å². The molecule has 0 spiro atoms. The number of methoxy groups -OCH3 is 2. The zero-order valence-electron chi connectivity index (χ0n) is 20.4. The van der Waals surface area contributed by atoms with Gasteiger partial charge in [0.1, 0.15) is 11.5 Å². The van der Waals surface area contributed by atoms with Crippen molar-refractivity contribution in [2.24, 2.45) is 5.92 Å². The van der Waals surface area contributed by atoms with Crippen molar-refractivity contribution in [2.45, 2.75) is 19.5 Å². The average Bonchev–Trinajstić information content (AvgIpc) is 3.29. The van der Waals surface area contributed by atoms with E-state index in [4.69, 9.17) is 19.2 Å². The highest BCUT2D eigenvalue weighted by Crippen LogP contribution is 2.45. The van der Waals surface area contributed by atoms with Gasteiger partial charge in [0.05, 0.1) is 44.4 Å². The number of anilines is 1. The molecule has 4 aromatic rings. The third-order valence-electron chi connectivity index (χ3n) is 6.42. The van der Waals surface area contributed by atoms with E-state index in [9.17, 15) is 9.59 Å². The van der Waals surface area contributed by atoms with Crippen molar-refractivity contribution in [3.05, 3.63) is 83.9 Å². The van der Waals surface area contributed by atoms with Gasteiger partial charge in [-0.3, -0.25) is 14.5 Å². The van der Waals surface area contributed by atoms with Crippen molar-refractivity contribution in [2.75, 3.05) is 25.7 Å². The van der Waals surface area contributed by atoms with Gasteiger partial charge in [-0.15, -0.1) is 0 Å². The Morgan fingerprint density at radius 1 is 0.972 bits per heavy atom. The molecule has 1 aromatic heterocycles. The Hall–Kier alpha value is -4.33. The van der Waals surface area contributed by atoms with Crippen LogP contribution in [0.1, 0.15) is 24.1 Å². The summed E-state index contributed by atoms with van der Waals surface area (Å²) >= 11 is 0. The second-order valence-corrected chi connectivity index (χ2v) is 8.46. The number of carbonyl (C=O) groups excluding carboxylic acids is 2. The summed E-state index contributed by atoms with van der Waals surface area (Å²) in [5, 5.41) is 0. The highest BCUT2D eigenvalue weighted by Gasteiger charge is 2.48. The molecule has 8 heteroatoms. The quantitative estimate of drug-likeness (QED) is 0.286. The summed E-state index contributed by atoms with van der Waals surface area (Å²) in [6.07, 6.45) is 0. The Bertz CT molecular complexity index is 1420. The summed E-state index contributed by atoms with van der Waals surface area (Å²) < 4.78 is 18.5. The van der Waals surface area contributed by atoms with E-state index in [0.717, 1.165) is 16.6 Å². The van der Waals surface area contributed by atoms with E-state index >= 15 is 0 Å². The van der Waals surface area contributed by atoms with Crippen molar-refractivity contribution in [1.82, 2.24) is 9.55 Å². The second-order valence-electron chi connectivity index (χ2n) is 8.46. The molecule has 2 atom stereocenters. The third kappa shape index (κ3) is 3.94. The average molecular weight is 486 g/mol. The number of hydrogen-bond donors (Lipinski definition) is 0. The van der Waals surface area contributed by atoms with Crippen LogP contribution in [-0.4, -0.2) is 42.3 Å². The van der Waals surface area contributed by atoms with Gasteiger partial charge in [0.2, 0.25) is 11.9 Å². The zero-order chi connectivity index (χ0) is 25.2. The molecule has 1 aliphatic rings. The van der Waals surface area contributed by atoms with Crippen LogP contribution in [0.3, 0.4) is 0 Å². The van der Waals surface area contributed by atoms with Crippen LogP contribution in [0, 0.1) is 5.92 Å². The van der Waals surface area contributed by atoms with Crippen LogP contribution < -0.4 is 14.4 Å². The van der Waals surface area contributed by atoms with Crippen LogP contribution in [0.4, 0.5) is 5.95 Å². The van der Waals surface area contributed by atoms with E-state index in [-0.39, 0.29) is 19.1 Å². The molecule has 8 nitrogen and oxygen atoms in total. The number of nitrogens with zero attached hydrogens (tertiary/aromatic N) is 3. The van der Waals surface area contributed by atoms with Gasteiger partial charge in [-0.1, -0.05) is 42.5 Å². The Morgan fingerprint density at radius 2 is 1.72 bits per heavy atom. The lowest BCUT2D eigenvalue weighted by Gasteiger charge is -2.38. The maximum atomic E-state index is 14.1. The standard InChI is InChI=1S/C28H27N3O5/c1-4-36-27(33)24-25(20-16-19(34-2)14-15-23(20)35-3)31-22-13-9-8-12-21(22)29-28(31)30(26(24)32)17-18-10-6-5-7-11-18/h5-16,24-25H,4,17H2,1-3H3/t24-,25-/m1/s1. The minimum absolute atomic E-state index is 0.154. The van der Waals surface area contributed by atoms with E-state index in [0.29, 0.717) is 23.0 Å². The summed E-state index contributed by atoms with van der Waals surface area (Å²) in [5.74, 6) is -0.559. The number of esters is 1. The number of aromatic nitrogens is 2. The van der Waals surface area contributed by atoms with E-state index in [1.807, 2.05) is 59.2 Å². The monoisotopic (exact) mass is 485 g/mol. The number of benzene rings is 3. The first-order chi connectivity index (χ1) is 17.6. The lowest BCUT2D eigenvalue weighted by atomic mass is 9.88. The number of imidazole rings is 1. The number of rotatable bonds is 7. The summed E-state index contributed by atoms with van der Waals surface area (Å²) in [4.78, 5) is 34.0. The second kappa shape index (κ2) is 9.73. The molecule has 5 rings (SSSR count). The van der Waals surface area contributed by atoms with E-state index < -0.39 is 17.9 Å². The molecule has 184 valence electrons. The Morgan fingerprint density at radius 3 is 2.44 bits per heavy atom. The first-order valence-corrected chi connectivity index (χ1v) is 11.8. The number of para-hydroxylation sites is 2. The number of hydrogen-bond acceptors (Lipinski definition) is 6. The Balaban J connectivity index is 1.79. The molecule has 1 amide bonds. The maximum Gasteiger partial charge on any atom is 0.321 e. The molecule has 0 unspecified atom stereocenters. The van der Waals surface area contributed by atoms with Crippen LogP contribution in [-0.2, 0) is 20.9 Å². The SMILES string of the molecule is CCOC(=O)[C@H]1C(=O)N(Cc2ccccc2)c2nc3ccccc3n2[C@@H]1c1cc(OC)ccc1OC. The fraction of sp³-hybridized carbons (Fsp3) is 0.250. The molecular weight excluding hydrogens is 458 g/mol. The van der Waals surface area contributed by atoms with Crippen LogP contribution in [0.2, 0.25) is 0 Å². The number of fused-ring (bicyclic) bond motifs is 3.